The summed E-state index contributed by atoms with van der Waals surface area (Å²) in [6.07, 6.45) is 1.70. The molecule has 30 heavy (non-hydrogen) atoms. The number of benzene rings is 1. The molecular formula is C21H21N5O3S. The van der Waals surface area contributed by atoms with Gasteiger partial charge < -0.3 is 9.26 Å². The summed E-state index contributed by atoms with van der Waals surface area (Å²) in [4.78, 5) is 17.3. The molecule has 1 aromatic carbocycles. The Kier molecular flexibility index (Phi) is 5.37. The van der Waals surface area contributed by atoms with Crippen LogP contribution in [0.3, 0.4) is 0 Å². The number of rotatable bonds is 6. The van der Waals surface area contributed by atoms with Gasteiger partial charge in [0.1, 0.15) is 23.8 Å². The van der Waals surface area contributed by atoms with Crippen molar-refractivity contribution >= 4 is 22.4 Å². The van der Waals surface area contributed by atoms with E-state index in [1.54, 1.807) is 17.8 Å². The lowest BCUT2D eigenvalue weighted by Crippen LogP contribution is -2.15. The van der Waals surface area contributed by atoms with E-state index in [-0.39, 0.29) is 12.3 Å². The summed E-state index contributed by atoms with van der Waals surface area (Å²) in [7, 11) is 1.84. The number of thiazole rings is 1. The van der Waals surface area contributed by atoms with Gasteiger partial charge in [-0.15, -0.1) is 11.3 Å². The van der Waals surface area contributed by atoms with Crippen molar-refractivity contribution in [3.8, 4) is 17.1 Å². The van der Waals surface area contributed by atoms with Crippen LogP contribution in [0.1, 0.15) is 32.9 Å². The molecular weight excluding hydrogens is 402 g/mol. The predicted molar refractivity (Wildman–Crippen MR) is 114 cm³/mol. The molecule has 1 amide bonds. The molecule has 8 nitrogen and oxygen atoms in total. The molecule has 0 saturated heterocycles. The number of hydrogen-bond donors (Lipinski definition) is 1. The fraction of sp³-hybridized carbons (Fsp3) is 0.238. The minimum Gasteiger partial charge on any atom is -0.488 e. The number of nitrogens with zero attached hydrogens (tertiary/aromatic N) is 4. The zero-order chi connectivity index (χ0) is 21.3. The summed E-state index contributed by atoms with van der Waals surface area (Å²) < 4.78 is 12.9. The summed E-state index contributed by atoms with van der Waals surface area (Å²) in [5.74, 6) is 0.917. The van der Waals surface area contributed by atoms with Crippen molar-refractivity contribution in [2.24, 2.45) is 7.05 Å². The second-order valence-electron chi connectivity index (χ2n) is 6.96. The first-order chi connectivity index (χ1) is 14.4. The van der Waals surface area contributed by atoms with Gasteiger partial charge in [-0.3, -0.25) is 14.8 Å². The van der Waals surface area contributed by atoms with E-state index in [9.17, 15) is 4.79 Å². The standard InChI is InChI=1S/C21H21N5O3S/c1-12-5-6-13(2)18(9-12)28-10-15-14(3)29-25-19(15)20(27)24-21-23-16(11-30-21)17-7-8-22-26(17)4/h5-9,11H,10H2,1-4H3,(H,23,24,27). The molecule has 0 atom stereocenters. The van der Waals surface area contributed by atoms with Crippen LogP contribution < -0.4 is 10.1 Å². The molecule has 0 fully saturated rings. The van der Waals surface area contributed by atoms with E-state index in [2.05, 4.69) is 20.6 Å². The van der Waals surface area contributed by atoms with Crippen LogP contribution in [-0.4, -0.2) is 25.8 Å². The third kappa shape index (κ3) is 3.97. The van der Waals surface area contributed by atoms with Crippen LogP contribution in [0.2, 0.25) is 0 Å². The van der Waals surface area contributed by atoms with Gasteiger partial charge in [-0.05, 0) is 44.0 Å². The van der Waals surface area contributed by atoms with Crippen LogP contribution in [0.15, 0.2) is 40.4 Å². The largest absolute Gasteiger partial charge is 0.488 e. The maximum absolute atomic E-state index is 12.8. The zero-order valence-corrected chi connectivity index (χ0v) is 17.9. The van der Waals surface area contributed by atoms with Gasteiger partial charge in [0.05, 0.1) is 11.3 Å². The fourth-order valence-corrected chi connectivity index (χ4v) is 3.68. The molecule has 0 spiro atoms. The highest BCUT2D eigenvalue weighted by molar-refractivity contribution is 7.14. The number of carbonyl (C=O) groups excluding carboxylic acids is 1. The van der Waals surface area contributed by atoms with E-state index < -0.39 is 5.91 Å². The van der Waals surface area contributed by atoms with E-state index in [1.807, 2.05) is 50.5 Å². The van der Waals surface area contributed by atoms with E-state index in [1.165, 1.54) is 11.3 Å². The third-order valence-electron chi connectivity index (χ3n) is 4.72. The second-order valence-corrected chi connectivity index (χ2v) is 7.81. The van der Waals surface area contributed by atoms with Crippen molar-refractivity contribution in [1.29, 1.82) is 0 Å². The van der Waals surface area contributed by atoms with Gasteiger partial charge in [-0.2, -0.15) is 5.10 Å². The molecule has 0 saturated carbocycles. The van der Waals surface area contributed by atoms with Crippen molar-refractivity contribution < 1.29 is 14.1 Å². The van der Waals surface area contributed by atoms with Crippen LogP contribution in [0, 0.1) is 20.8 Å². The van der Waals surface area contributed by atoms with Gasteiger partial charge in [0.25, 0.3) is 5.91 Å². The van der Waals surface area contributed by atoms with Crippen LogP contribution >= 0.6 is 11.3 Å². The molecule has 154 valence electrons. The second kappa shape index (κ2) is 8.11. The molecule has 3 aromatic heterocycles. The monoisotopic (exact) mass is 423 g/mol. The minimum absolute atomic E-state index is 0.181. The molecule has 0 aliphatic rings. The lowest BCUT2D eigenvalue weighted by Gasteiger charge is -2.10. The maximum Gasteiger partial charge on any atom is 0.280 e. The minimum atomic E-state index is -0.391. The lowest BCUT2D eigenvalue weighted by molar-refractivity contribution is 0.101. The average Bonchev–Trinajstić information content (AvgIpc) is 3.43. The Hall–Kier alpha value is -3.46. The third-order valence-corrected chi connectivity index (χ3v) is 5.48. The molecule has 3 heterocycles. The Balaban J connectivity index is 1.50. The number of nitrogens with one attached hydrogen (secondary N) is 1. The maximum atomic E-state index is 12.8. The number of ether oxygens (including phenoxy) is 1. The smallest absolute Gasteiger partial charge is 0.280 e. The topological polar surface area (TPSA) is 95.1 Å². The number of anilines is 1. The lowest BCUT2D eigenvalue weighted by atomic mass is 10.1. The highest BCUT2D eigenvalue weighted by Crippen LogP contribution is 2.26. The van der Waals surface area contributed by atoms with Gasteiger partial charge in [0, 0.05) is 18.6 Å². The fourth-order valence-electron chi connectivity index (χ4n) is 2.98. The molecule has 0 unspecified atom stereocenters. The van der Waals surface area contributed by atoms with Gasteiger partial charge in [-0.1, -0.05) is 17.3 Å². The van der Waals surface area contributed by atoms with Crippen molar-refractivity contribution in [1.82, 2.24) is 19.9 Å². The predicted octanol–water partition coefficient (Wildman–Crippen LogP) is 4.29. The molecule has 4 rings (SSSR count). The van der Waals surface area contributed by atoms with Crippen molar-refractivity contribution in [3.05, 3.63) is 64.0 Å². The molecule has 0 bridgehead atoms. The van der Waals surface area contributed by atoms with E-state index >= 15 is 0 Å². The summed E-state index contributed by atoms with van der Waals surface area (Å²) in [6, 6.07) is 7.86. The van der Waals surface area contributed by atoms with Gasteiger partial charge in [-0.25, -0.2) is 4.98 Å². The SMILES string of the molecule is Cc1ccc(C)c(OCc2c(C(=O)Nc3nc(-c4ccnn4C)cs3)noc2C)c1. The number of amides is 1. The van der Waals surface area contributed by atoms with Crippen LogP contribution in [-0.2, 0) is 13.7 Å². The first-order valence-corrected chi connectivity index (χ1v) is 10.2. The number of hydrogen-bond acceptors (Lipinski definition) is 7. The van der Waals surface area contributed by atoms with Crippen molar-refractivity contribution in [2.45, 2.75) is 27.4 Å². The molecule has 1 N–H and O–H groups in total. The van der Waals surface area contributed by atoms with Gasteiger partial charge in [0.2, 0.25) is 0 Å². The number of aryl methyl sites for hydroxylation is 4. The Morgan fingerprint density at radius 2 is 2.10 bits per heavy atom. The summed E-state index contributed by atoms with van der Waals surface area (Å²) >= 11 is 1.33. The first-order valence-electron chi connectivity index (χ1n) is 9.33. The van der Waals surface area contributed by atoms with E-state index in [0.717, 1.165) is 28.3 Å². The number of aromatic nitrogens is 4. The van der Waals surface area contributed by atoms with Crippen LogP contribution in [0.25, 0.3) is 11.4 Å². The Morgan fingerprint density at radius 1 is 1.27 bits per heavy atom. The average molecular weight is 423 g/mol. The first kappa shape index (κ1) is 19.8. The van der Waals surface area contributed by atoms with Crippen LogP contribution in [0.5, 0.6) is 5.75 Å². The van der Waals surface area contributed by atoms with Gasteiger partial charge in [0.15, 0.2) is 10.8 Å². The normalized spacial score (nSPS) is 10.9. The van der Waals surface area contributed by atoms with E-state index in [4.69, 9.17) is 9.26 Å². The van der Waals surface area contributed by atoms with Gasteiger partial charge >= 0.3 is 0 Å². The Labute approximate surface area is 177 Å². The summed E-state index contributed by atoms with van der Waals surface area (Å²) in [5.41, 5.74) is 4.53. The molecule has 0 radical (unpaired) electrons. The molecule has 4 aromatic rings. The van der Waals surface area contributed by atoms with Crippen molar-refractivity contribution in [2.75, 3.05) is 5.32 Å². The number of carbonyl (C=O) groups is 1. The molecule has 9 heteroatoms. The quantitative estimate of drug-likeness (QED) is 0.497. The van der Waals surface area contributed by atoms with Crippen molar-refractivity contribution in [3.63, 3.8) is 0 Å². The Morgan fingerprint density at radius 3 is 2.87 bits per heavy atom. The zero-order valence-electron chi connectivity index (χ0n) is 17.1. The van der Waals surface area contributed by atoms with E-state index in [0.29, 0.717) is 16.5 Å². The Bertz CT molecular complexity index is 1210. The highest BCUT2D eigenvalue weighted by atomic mass is 32.1. The molecule has 0 aliphatic carbocycles. The summed E-state index contributed by atoms with van der Waals surface area (Å²) in [6.45, 7) is 5.92. The van der Waals surface area contributed by atoms with Crippen LogP contribution in [0.4, 0.5) is 5.13 Å². The summed E-state index contributed by atoms with van der Waals surface area (Å²) in [5, 5.41) is 13.2. The molecule has 0 aliphatic heterocycles. The highest BCUT2D eigenvalue weighted by Gasteiger charge is 2.22.